The quantitative estimate of drug-likeness (QED) is 0.634. The van der Waals surface area contributed by atoms with Crippen molar-refractivity contribution < 1.29 is 0 Å². The van der Waals surface area contributed by atoms with Gasteiger partial charge in [0.25, 0.3) is 0 Å². The largest absolute Gasteiger partial charge is 0.347 e. The fraction of sp³-hybridized carbons (Fsp3) is 0.364. The van der Waals surface area contributed by atoms with E-state index in [1.807, 2.05) is 13.0 Å². The summed E-state index contributed by atoms with van der Waals surface area (Å²) in [6.07, 6.45) is 3.83. The Morgan fingerprint density at radius 3 is 2.90 bits per heavy atom. The second-order valence-electron chi connectivity index (χ2n) is 7.82. The number of aromatic nitrogens is 4. The summed E-state index contributed by atoms with van der Waals surface area (Å²) < 4.78 is 2.17. The van der Waals surface area contributed by atoms with Gasteiger partial charge in [0.1, 0.15) is 11.6 Å². The van der Waals surface area contributed by atoms with Crippen molar-refractivity contribution in [2.24, 2.45) is 10.9 Å². The lowest BCUT2D eigenvalue weighted by Gasteiger charge is -2.29. The van der Waals surface area contributed by atoms with Crippen molar-refractivity contribution in [3.8, 4) is 0 Å². The number of halogens is 1. The zero-order chi connectivity index (χ0) is 20.0. The van der Waals surface area contributed by atoms with Gasteiger partial charge < -0.3 is 9.47 Å². The van der Waals surface area contributed by atoms with Crippen LogP contribution in [0.3, 0.4) is 0 Å². The maximum atomic E-state index is 6.61. The highest BCUT2D eigenvalue weighted by atomic mass is 35.5. The molecule has 0 saturated heterocycles. The van der Waals surface area contributed by atoms with Crippen molar-refractivity contribution in [3.05, 3.63) is 64.3 Å². The Morgan fingerprint density at radius 2 is 2.00 bits per heavy atom. The minimum absolute atomic E-state index is 0.322. The van der Waals surface area contributed by atoms with Gasteiger partial charge in [0.2, 0.25) is 0 Å². The van der Waals surface area contributed by atoms with Crippen LogP contribution < -0.4 is 4.90 Å². The Bertz CT molecular complexity index is 1100. The predicted octanol–water partition coefficient (Wildman–Crippen LogP) is 4.36. The van der Waals surface area contributed by atoms with Crippen LogP contribution in [-0.2, 0) is 19.5 Å². The number of para-hydroxylation sites is 1. The summed E-state index contributed by atoms with van der Waals surface area (Å²) >= 11 is 6.61. The minimum atomic E-state index is 0.322. The van der Waals surface area contributed by atoms with Gasteiger partial charge in [-0.25, -0.2) is 4.98 Å². The summed E-state index contributed by atoms with van der Waals surface area (Å²) in [5, 5.41) is 9.15. The summed E-state index contributed by atoms with van der Waals surface area (Å²) in [5.41, 5.74) is 4.36. The van der Waals surface area contributed by atoms with E-state index < -0.39 is 0 Å². The first kappa shape index (κ1) is 18.3. The standard InChI is InChI=1S/C22H23ClN6/c1-14-7-8-16-5-3-4-6-19(16)25-22(14)17-11-20(24-12-18(17)23)28-9-10-29-15(2)26-27-21(29)13-28/h3-6,11-12,14H,7-10,13H2,1-2H3. The number of hydrogen-bond acceptors (Lipinski definition) is 5. The van der Waals surface area contributed by atoms with Crippen LogP contribution >= 0.6 is 11.6 Å². The number of fused-ring (bicyclic) bond motifs is 2. The molecule has 1 unspecified atom stereocenters. The molecule has 1 aromatic carbocycles. The molecular weight excluding hydrogens is 384 g/mol. The van der Waals surface area contributed by atoms with Gasteiger partial charge in [0, 0.05) is 24.8 Å². The Labute approximate surface area is 175 Å². The van der Waals surface area contributed by atoms with Crippen molar-refractivity contribution >= 4 is 28.8 Å². The highest BCUT2D eigenvalue weighted by Gasteiger charge is 2.24. The van der Waals surface area contributed by atoms with Crippen LogP contribution in [0.5, 0.6) is 0 Å². The van der Waals surface area contributed by atoms with E-state index in [1.54, 1.807) is 6.20 Å². The maximum Gasteiger partial charge on any atom is 0.152 e. The van der Waals surface area contributed by atoms with Crippen molar-refractivity contribution in [1.29, 1.82) is 0 Å². The zero-order valence-electron chi connectivity index (χ0n) is 16.6. The average molecular weight is 407 g/mol. The SMILES string of the molecule is Cc1nnc2n1CCN(c1cc(C3=Nc4ccccc4CCC3C)c(Cl)cn1)C2. The summed E-state index contributed by atoms with van der Waals surface area (Å²) in [5.74, 6) is 3.16. The molecule has 2 aliphatic rings. The van der Waals surface area contributed by atoms with Crippen LogP contribution in [-0.4, -0.2) is 32.0 Å². The molecule has 0 aliphatic carbocycles. The molecule has 148 valence electrons. The lowest BCUT2D eigenvalue weighted by Crippen LogP contribution is -2.34. The van der Waals surface area contributed by atoms with E-state index in [-0.39, 0.29) is 0 Å². The molecule has 0 saturated carbocycles. The number of hydrogen-bond donors (Lipinski definition) is 0. The molecule has 0 amide bonds. The van der Waals surface area contributed by atoms with E-state index >= 15 is 0 Å². The molecule has 2 aromatic heterocycles. The molecule has 3 aromatic rings. The van der Waals surface area contributed by atoms with Crippen LogP contribution in [0.2, 0.25) is 5.02 Å². The molecule has 2 aliphatic heterocycles. The Kier molecular flexibility index (Phi) is 4.59. The van der Waals surface area contributed by atoms with Gasteiger partial charge >= 0.3 is 0 Å². The lowest BCUT2D eigenvalue weighted by atomic mass is 9.94. The highest BCUT2D eigenvalue weighted by molar-refractivity contribution is 6.34. The maximum absolute atomic E-state index is 6.61. The molecular formula is C22H23ClN6. The fourth-order valence-electron chi connectivity index (χ4n) is 4.20. The van der Waals surface area contributed by atoms with E-state index in [9.17, 15) is 0 Å². The number of aryl methyl sites for hydroxylation is 2. The third-order valence-electron chi connectivity index (χ3n) is 5.93. The van der Waals surface area contributed by atoms with E-state index in [0.29, 0.717) is 17.5 Å². The molecule has 5 rings (SSSR count). The van der Waals surface area contributed by atoms with Gasteiger partial charge in [-0.2, -0.15) is 0 Å². The van der Waals surface area contributed by atoms with Crippen LogP contribution in [0.15, 0.2) is 41.5 Å². The zero-order valence-corrected chi connectivity index (χ0v) is 17.4. The van der Waals surface area contributed by atoms with E-state index in [1.165, 1.54) is 5.56 Å². The molecule has 0 fully saturated rings. The van der Waals surface area contributed by atoms with Crippen LogP contribution in [0.4, 0.5) is 11.5 Å². The summed E-state index contributed by atoms with van der Waals surface area (Å²) in [6.45, 7) is 6.64. The van der Waals surface area contributed by atoms with Crippen molar-refractivity contribution in [3.63, 3.8) is 0 Å². The van der Waals surface area contributed by atoms with Crippen LogP contribution in [0.1, 0.15) is 36.1 Å². The third kappa shape index (κ3) is 3.31. The van der Waals surface area contributed by atoms with E-state index in [4.69, 9.17) is 16.6 Å². The third-order valence-corrected chi connectivity index (χ3v) is 6.23. The smallest absolute Gasteiger partial charge is 0.152 e. The normalized spacial score (nSPS) is 18.7. The summed E-state index contributed by atoms with van der Waals surface area (Å²) in [7, 11) is 0. The van der Waals surface area contributed by atoms with E-state index in [2.05, 4.69) is 55.8 Å². The van der Waals surface area contributed by atoms with E-state index in [0.717, 1.165) is 60.4 Å². The van der Waals surface area contributed by atoms with Gasteiger partial charge in [0.05, 0.1) is 23.0 Å². The fourth-order valence-corrected chi connectivity index (χ4v) is 4.40. The molecule has 4 heterocycles. The number of aliphatic imine (C=N–C) groups is 1. The number of rotatable bonds is 2. The first-order valence-corrected chi connectivity index (χ1v) is 10.4. The number of anilines is 1. The minimum Gasteiger partial charge on any atom is -0.347 e. The highest BCUT2D eigenvalue weighted by Crippen LogP contribution is 2.33. The average Bonchev–Trinajstić information content (AvgIpc) is 3.02. The monoisotopic (exact) mass is 406 g/mol. The first-order valence-electron chi connectivity index (χ1n) is 10.1. The molecule has 0 N–H and O–H groups in total. The Morgan fingerprint density at radius 1 is 1.14 bits per heavy atom. The van der Waals surface area contributed by atoms with Gasteiger partial charge in [-0.05, 0) is 43.4 Å². The summed E-state index contributed by atoms with van der Waals surface area (Å²) in [6, 6.07) is 10.5. The van der Waals surface area contributed by atoms with Gasteiger partial charge in [-0.1, -0.05) is 36.7 Å². The molecule has 1 atom stereocenters. The van der Waals surface area contributed by atoms with Gasteiger partial charge in [-0.3, -0.25) is 4.99 Å². The van der Waals surface area contributed by atoms with Gasteiger partial charge in [-0.15, -0.1) is 10.2 Å². The van der Waals surface area contributed by atoms with Gasteiger partial charge in [0.15, 0.2) is 5.82 Å². The Hall–Kier alpha value is -2.73. The van der Waals surface area contributed by atoms with Crippen molar-refractivity contribution in [2.45, 2.75) is 39.8 Å². The first-order chi connectivity index (χ1) is 14.1. The molecule has 7 heteroatoms. The van der Waals surface area contributed by atoms with Crippen LogP contribution in [0, 0.1) is 12.8 Å². The number of pyridine rings is 1. The van der Waals surface area contributed by atoms with Crippen molar-refractivity contribution in [2.75, 3.05) is 11.4 Å². The van der Waals surface area contributed by atoms with Crippen molar-refractivity contribution in [1.82, 2.24) is 19.7 Å². The van der Waals surface area contributed by atoms with Crippen LogP contribution in [0.25, 0.3) is 0 Å². The molecule has 0 spiro atoms. The number of benzene rings is 1. The Balaban J connectivity index is 1.52. The lowest BCUT2D eigenvalue weighted by molar-refractivity contribution is 0.547. The topological polar surface area (TPSA) is 59.2 Å². The predicted molar refractivity (Wildman–Crippen MR) is 115 cm³/mol. The molecule has 0 radical (unpaired) electrons. The summed E-state index contributed by atoms with van der Waals surface area (Å²) in [4.78, 5) is 11.9. The molecule has 0 bridgehead atoms. The molecule has 29 heavy (non-hydrogen) atoms. The molecule has 6 nitrogen and oxygen atoms in total. The second-order valence-corrected chi connectivity index (χ2v) is 8.23. The second kappa shape index (κ2) is 7.26. The number of nitrogens with zero attached hydrogens (tertiary/aromatic N) is 6.